The zero-order valence-corrected chi connectivity index (χ0v) is 23.3. The van der Waals surface area contributed by atoms with Gasteiger partial charge in [0.25, 0.3) is 5.91 Å². The number of fused-ring (bicyclic) bond motifs is 1. The molecule has 0 aromatic carbocycles. The van der Waals surface area contributed by atoms with Crippen molar-refractivity contribution in [2.24, 2.45) is 0 Å². The van der Waals surface area contributed by atoms with Gasteiger partial charge in [0.15, 0.2) is 5.76 Å². The first-order valence-electron chi connectivity index (χ1n) is 12.7. The molecular formula is C29H41FN4O3. The topological polar surface area (TPSA) is 102 Å². The van der Waals surface area contributed by atoms with Crippen LogP contribution in [-0.2, 0) is 16.0 Å². The highest BCUT2D eigenvalue weighted by molar-refractivity contribution is 6.03. The highest BCUT2D eigenvalue weighted by Crippen LogP contribution is 2.33. The molecule has 37 heavy (non-hydrogen) atoms. The summed E-state index contributed by atoms with van der Waals surface area (Å²) in [6, 6.07) is -0.823. The third-order valence-corrected chi connectivity index (χ3v) is 5.93. The lowest BCUT2D eigenvalue weighted by molar-refractivity contribution is -0.132. The van der Waals surface area contributed by atoms with Crippen molar-refractivity contribution in [1.82, 2.24) is 14.9 Å². The number of imidazole rings is 1. The average Bonchev–Trinajstić information content (AvgIpc) is 3.28. The van der Waals surface area contributed by atoms with E-state index < -0.39 is 23.4 Å². The van der Waals surface area contributed by atoms with Crippen LogP contribution in [0.1, 0.15) is 85.7 Å². The van der Waals surface area contributed by atoms with Crippen LogP contribution in [0.2, 0.25) is 0 Å². The number of halogens is 1. The molecule has 8 heteroatoms. The number of nitrogens with one attached hydrogen (secondary N) is 2. The van der Waals surface area contributed by atoms with Gasteiger partial charge in [0.2, 0.25) is 0 Å². The first-order chi connectivity index (χ1) is 17.3. The van der Waals surface area contributed by atoms with Crippen molar-refractivity contribution >= 4 is 11.6 Å². The number of aromatic amines is 1. The average molecular weight is 513 g/mol. The molecule has 1 unspecified atom stereocenters. The molecule has 1 amide bonds. The predicted octanol–water partition coefficient (Wildman–Crippen LogP) is 6.39. The standard InChI is InChI=1S/C29H41FN4O3/c1-9-10-11-12-13-21(30)20(6)16-22(31)25-24-23(32-17-33-24)14-15-34(25)28(35)26(18(2)3)37-27(19(4)5)29(7,8)36/h11-13,16-17,25,31,36H,9-10,14-15H2,1-8H3,(H,32,33)/b12-11-,20-16+,21-13+,31-22?. The molecule has 0 aliphatic carbocycles. The van der Waals surface area contributed by atoms with Crippen LogP contribution in [-0.4, -0.2) is 43.7 Å². The summed E-state index contributed by atoms with van der Waals surface area (Å²) in [5.41, 5.74) is 1.80. The van der Waals surface area contributed by atoms with Crippen LogP contribution in [0.3, 0.4) is 0 Å². The third kappa shape index (κ3) is 7.61. The van der Waals surface area contributed by atoms with Gasteiger partial charge in [0.1, 0.15) is 23.2 Å². The van der Waals surface area contributed by atoms with E-state index in [-0.39, 0.29) is 17.0 Å². The zero-order chi connectivity index (χ0) is 27.9. The summed E-state index contributed by atoms with van der Waals surface area (Å²) >= 11 is 0. The fraction of sp³-hybridized carbons (Fsp3) is 0.483. The van der Waals surface area contributed by atoms with Gasteiger partial charge in [-0.15, -0.1) is 0 Å². The minimum absolute atomic E-state index is 0.0398. The van der Waals surface area contributed by atoms with Crippen molar-refractivity contribution < 1.29 is 19.0 Å². The number of unbranched alkanes of at least 4 members (excludes halogenated alkanes) is 1. The number of carbonyl (C=O) groups excluding carboxylic acids is 1. The van der Waals surface area contributed by atoms with E-state index in [1.165, 1.54) is 17.1 Å². The molecule has 1 aromatic rings. The molecule has 202 valence electrons. The predicted molar refractivity (Wildman–Crippen MR) is 146 cm³/mol. The number of allylic oxidation sites excluding steroid dienone is 7. The van der Waals surface area contributed by atoms with Crippen LogP contribution < -0.4 is 0 Å². The van der Waals surface area contributed by atoms with Crippen LogP contribution in [0.25, 0.3) is 0 Å². The zero-order valence-electron chi connectivity index (χ0n) is 23.3. The van der Waals surface area contributed by atoms with E-state index in [4.69, 9.17) is 10.1 Å². The molecule has 0 fully saturated rings. The minimum Gasteiger partial charge on any atom is -0.453 e. The molecule has 7 nitrogen and oxygen atoms in total. The molecule has 1 aliphatic rings. The lowest BCUT2D eigenvalue weighted by Gasteiger charge is -2.36. The maximum atomic E-state index is 14.7. The highest BCUT2D eigenvalue weighted by atomic mass is 19.1. The number of carbonyl (C=O) groups is 1. The summed E-state index contributed by atoms with van der Waals surface area (Å²) in [5.74, 6) is -0.487. The SMILES string of the molecule is CCC\C=C/C=C(F)\C(C)=C\C(=N)C1c2nc[nH]c2CCN1C(=O)C(OC(=C(C)C)C(C)(C)O)=C(C)C. The highest BCUT2D eigenvalue weighted by Gasteiger charge is 2.38. The van der Waals surface area contributed by atoms with Gasteiger partial charge in [-0.3, -0.25) is 4.79 Å². The number of ether oxygens (including phenoxy) is 1. The second-order valence-electron chi connectivity index (χ2n) is 10.3. The minimum atomic E-state index is -1.29. The first kappa shape index (κ1) is 30.0. The van der Waals surface area contributed by atoms with E-state index in [1.54, 1.807) is 47.0 Å². The van der Waals surface area contributed by atoms with E-state index in [0.29, 0.717) is 30.0 Å². The molecule has 0 saturated carbocycles. The Balaban J connectivity index is 2.47. The normalized spacial score (nSPS) is 16.5. The number of rotatable bonds is 10. The molecule has 2 heterocycles. The van der Waals surface area contributed by atoms with Crippen molar-refractivity contribution in [3.05, 3.63) is 76.1 Å². The van der Waals surface area contributed by atoms with Gasteiger partial charge in [-0.1, -0.05) is 25.5 Å². The smallest absolute Gasteiger partial charge is 0.290 e. The van der Waals surface area contributed by atoms with Crippen molar-refractivity contribution in [1.29, 1.82) is 5.41 Å². The first-order valence-corrected chi connectivity index (χ1v) is 12.7. The van der Waals surface area contributed by atoms with Gasteiger partial charge in [0.05, 0.1) is 17.7 Å². The lowest BCUT2D eigenvalue weighted by atomic mass is 9.96. The fourth-order valence-corrected chi connectivity index (χ4v) is 4.17. The molecule has 1 atom stereocenters. The number of nitrogens with zero attached hydrogens (tertiary/aromatic N) is 2. The Morgan fingerprint density at radius 2 is 1.97 bits per heavy atom. The van der Waals surface area contributed by atoms with Crippen molar-refractivity contribution in [2.45, 2.75) is 86.3 Å². The molecule has 3 N–H and O–H groups in total. The number of aromatic nitrogens is 2. The van der Waals surface area contributed by atoms with Gasteiger partial charge in [-0.05, 0) is 83.8 Å². The summed E-state index contributed by atoms with van der Waals surface area (Å²) in [7, 11) is 0. The number of aliphatic hydroxyl groups is 1. The quantitative estimate of drug-likeness (QED) is 0.146. The molecule has 1 aliphatic heterocycles. The monoisotopic (exact) mass is 512 g/mol. The maximum Gasteiger partial charge on any atom is 0.290 e. The molecule has 0 saturated heterocycles. The second kappa shape index (κ2) is 12.8. The molecule has 2 rings (SSSR count). The molecule has 1 aromatic heterocycles. The maximum absolute atomic E-state index is 14.7. The van der Waals surface area contributed by atoms with Crippen LogP contribution in [0.5, 0.6) is 0 Å². The third-order valence-electron chi connectivity index (χ3n) is 5.93. The van der Waals surface area contributed by atoms with Crippen LogP contribution in [0.4, 0.5) is 4.39 Å². The second-order valence-corrected chi connectivity index (χ2v) is 10.3. The van der Waals surface area contributed by atoms with Gasteiger partial charge >= 0.3 is 0 Å². The molecular weight excluding hydrogens is 471 g/mol. The Labute approximate surface area is 220 Å². The Hall–Kier alpha value is -3.26. The van der Waals surface area contributed by atoms with Gasteiger partial charge in [0, 0.05) is 18.7 Å². The van der Waals surface area contributed by atoms with Crippen LogP contribution in [0, 0.1) is 5.41 Å². The lowest BCUT2D eigenvalue weighted by Crippen LogP contribution is -2.44. The summed E-state index contributed by atoms with van der Waals surface area (Å²) in [6.45, 7) is 14.3. The van der Waals surface area contributed by atoms with Crippen molar-refractivity contribution in [2.75, 3.05) is 6.54 Å². The number of hydrogen-bond donors (Lipinski definition) is 3. The summed E-state index contributed by atoms with van der Waals surface area (Å²) in [5, 5.41) is 19.5. The van der Waals surface area contributed by atoms with E-state index in [0.717, 1.165) is 24.1 Å². The van der Waals surface area contributed by atoms with Gasteiger partial charge < -0.3 is 25.1 Å². The Morgan fingerprint density at radius 1 is 1.30 bits per heavy atom. The molecule has 0 spiro atoms. The van der Waals surface area contributed by atoms with Gasteiger partial charge in [-0.25, -0.2) is 9.37 Å². The molecule has 0 radical (unpaired) electrons. The van der Waals surface area contributed by atoms with Crippen LogP contribution in [0.15, 0.2) is 64.7 Å². The number of hydrogen-bond acceptors (Lipinski definition) is 5. The number of H-pyrrole nitrogens is 1. The summed E-state index contributed by atoms with van der Waals surface area (Å²) in [4.78, 5) is 22.9. The summed E-state index contributed by atoms with van der Waals surface area (Å²) < 4.78 is 20.8. The molecule has 0 bridgehead atoms. The van der Waals surface area contributed by atoms with E-state index in [1.807, 2.05) is 26.8 Å². The van der Waals surface area contributed by atoms with E-state index >= 15 is 0 Å². The van der Waals surface area contributed by atoms with Crippen molar-refractivity contribution in [3.8, 4) is 0 Å². The number of amides is 1. The van der Waals surface area contributed by atoms with Crippen molar-refractivity contribution in [3.63, 3.8) is 0 Å². The van der Waals surface area contributed by atoms with E-state index in [9.17, 15) is 14.3 Å². The largest absolute Gasteiger partial charge is 0.453 e. The Morgan fingerprint density at radius 3 is 2.54 bits per heavy atom. The Bertz CT molecular complexity index is 1150. The fourth-order valence-electron chi connectivity index (χ4n) is 4.17. The van der Waals surface area contributed by atoms with E-state index in [2.05, 4.69) is 9.97 Å². The van der Waals surface area contributed by atoms with Gasteiger partial charge in [-0.2, -0.15) is 0 Å². The van der Waals surface area contributed by atoms with Crippen LogP contribution >= 0.6 is 0 Å². The Kier molecular flexibility index (Phi) is 10.4. The summed E-state index contributed by atoms with van der Waals surface area (Å²) in [6.07, 6.45) is 10.3.